The molecule has 3 heterocycles. The Morgan fingerprint density at radius 3 is 2.30 bits per heavy atom. The van der Waals surface area contributed by atoms with E-state index in [1.54, 1.807) is 52.8 Å². The second-order valence-corrected chi connectivity index (χ2v) is 13.0. The van der Waals surface area contributed by atoms with Crippen molar-refractivity contribution in [2.75, 3.05) is 18.4 Å². The predicted octanol–water partition coefficient (Wildman–Crippen LogP) is 5.24. The number of nitrogens with zero attached hydrogens (tertiary/aromatic N) is 6. The highest BCUT2D eigenvalue weighted by Crippen LogP contribution is 2.34. The first-order valence-corrected chi connectivity index (χ1v) is 15.7. The third-order valence-corrected chi connectivity index (χ3v) is 9.69. The van der Waals surface area contributed by atoms with Crippen LogP contribution in [0.4, 0.5) is 5.95 Å². The Labute approximate surface area is 257 Å². The summed E-state index contributed by atoms with van der Waals surface area (Å²) >= 11 is 12.6. The quantitative estimate of drug-likeness (QED) is 0.237. The summed E-state index contributed by atoms with van der Waals surface area (Å²) in [6.45, 7) is 1.24. The molecule has 2 aromatic heterocycles. The van der Waals surface area contributed by atoms with Crippen LogP contribution in [-0.4, -0.2) is 62.1 Å². The molecule has 1 aliphatic rings. The van der Waals surface area contributed by atoms with Gasteiger partial charge in [0.05, 0.1) is 17.1 Å². The smallest absolute Gasteiger partial charge is 0.270 e. The molecule has 1 saturated heterocycles. The molecule has 43 heavy (non-hydrogen) atoms. The van der Waals surface area contributed by atoms with Crippen LogP contribution in [0.3, 0.4) is 0 Å². The van der Waals surface area contributed by atoms with Crippen molar-refractivity contribution in [3.63, 3.8) is 0 Å². The number of rotatable bonds is 8. The molecular formula is C29H26Cl2N8O3S. The summed E-state index contributed by atoms with van der Waals surface area (Å²) < 4.78 is 29.9. The summed E-state index contributed by atoms with van der Waals surface area (Å²) in [5, 5.41) is 21.7. The van der Waals surface area contributed by atoms with Gasteiger partial charge in [0.1, 0.15) is 0 Å². The number of aromatic amines is 1. The zero-order valence-electron chi connectivity index (χ0n) is 22.7. The van der Waals surface area contributed by atoms with Gasteiger partial charge in [-0.05, 0) is 72.1 Å². The predicted molar refractivity (Wildman–Crippen MR) is 163 cm³/mol. The Kier molecular flexibility index (Phi) is 8.26. The second-order valence-electron chi connectivity index (χ2n) is 10.1. The van der Waals surface area contributed by atoms with Crippen molar-refractivity contribution in [2.45, 2.75) is 30.2 Å². The molecule has 1 amide bonds. The Morgan fingerprint density at radius 2 is 1.65 bits per heavy atom. The molecule has 0 saturated carbocycles. The SMILES string of the molecule is O=C(Nc1nn[nH]n1)c1ccc(Cn2nc(-c3cc(Cl)cc(Cl)c3)cc2C2CCN(S(=O)(=O)c3ccccc3)CC2)cc1. The first-order valence-electron chi connectivity index (χ1n) is 13.5. The molecule has 0 aliphatic carbocycles. The lowest BCUT2D eigenvalue weighted by molar-refractivity contribution is 0.102. The van der Waals surface area contributed by atoms with E-state index in [-0.39, 0.29) is 17.8 Å². The van der Waals surface area contributed by atoms with Crippen molar-refractivity contribution in [2.24, 2.45) is 0 Å². The van der Waals surface area contributed by atoms with E-state index >= 15 is 0 Å². The van der Waals surface area contributed by atoms with Gasteiger partial charge in [0.2, 0.25) is 10.0 Å². The molecule has 0 atom stereocenters. The second kappa shape index (κ2) is 12.3. The zero-order chi connectivity index (χ0) is 30.0. The van der Waals surface area contributed by atoms with Gasteiger partial charge in [0, 0.05) is 45.9 Å². The number of hydrogen-bond acceptors (Lipinski definition) is 7. The highest BCUT2D eigenvalue weighted by molar-refractivity contribution is 7.89. The van der Waals surface area contributed by atoms with Gasteiger partial charge in [-0.1, -0.05) is 58.6 Å². The van der Waals surface area contributed by atoms with Crippen LogP contribution in [0, 0.1) is 0 Å². The summed E-state index contributed by atoms with van der Waals surface area (Å²) in [5.41, 5.74) is 3.86. The van der Waals surface area contributed by atoms with Crippen LogP contribution in [0.2, 0.25) is 10.0 Å². The fourth-order valence-electron chi connectivity index (χ4n) is 5.19. The minimum atomic E-state index is -3.57. The third kappa shape index (κ3) is 6.47. The van der Waals surface area contributed by atoms with Crippen LogP contribution in [0.15, 0.2) is 83.8 Å². The van der Waals surface area contributed by atoms with Crippen LogP contribution in [0.1, 0.15) is 40.4 Å². The molecule has 6 rings (SSSR count). The maximum absolute atomic E-state index is 13.2. The van der Waals surface area contributed by atoms with E-state index in [1.807, 2.05) is 35.0 Å². The number of carbonyl (C=O) groups is 1. The lowest BCUT2D eigenvalue weighted by Crippen LogP contribution is -2.38. The Bertz CT molecular complexity index is 1820. The van der Waals surface area contributed by atoms with Gasteiger partial charge in [-0.3, -0.25) is 14.8 Å². The van der Waals surface area contributed by atoms with Crippen molar-refractivity contribution in [3.8, 4) is 11.3 Å². The molecule has 0 spiro atoms. The lowest BCUT2D eigenvalue weighted by atomic mass is 9.93. The van der Waals surface area contributed by atoms with Crippen molar-refractivity contribution >= 4 is 45.1 Å². The minimum absolute atomic E-state index is 0.0816. The van der Waals surface area contributed by atoms with Gasteiger partial charge in [-0.25, -0.2) is 8.42 Å². The third-order valence-electron chi connectivity index (χ3n) is 7.34. The molecule has 5 aromatic rings. The highest BCUT2D eigenvalue weighted by atomic mass is 35.5. The molecule has 0 unspecified atom stereocenters. The van der Waals surface area contributed by atoms with E-state index in [4.69, 9.17) is 28.3 Å². The summed E-state index contributed by atoms with van der Waals surface area (Å²) in [5.74, 6) is -0.185. The molecule has 2 N–H and O–H groups in total. The first kappa shape index (κ1) is 29.0. The number of benzene rings is 3. The maximum atomic E-state index is 13.2. The Balaban J connectivity index is 1.24. The number of sulfonamides is 1. The molecule has 220 valence electrons. The maximum Gasteiger partial charge on any atom is 0.270 e. The summed E-state index contributed by atoms with van der Waals surface area (Å²) in [7, 11) is -3.57. The fraction of sp³-hybridized carbons (Fsp3) is 0.207. The largest absolute Gasteiger partial charge is 0.288 e. The normalized spacial score (nSPS) is 14.6. The van der Waals surface area contributed by atoms with E-state index in [9.17, 15) is 13.2 Å². The van der Waals surface area contributed by atoms with Crippen molar-refractivity contribution in [3.05, 3.63) is 106 Å². The van der Waals surface area contributed by atoms with Crippen LogP contribution < -0.4 is 5.32 Å². The average Bonchev–Trinajstić information content (AvgIpc) is 3.68. The van der Waals surface area contributed by atoms with Crippen molar-refractivity contribution < 1.29 is 13.2 Å². The van der Waals surface area contributed by atoms with E-state index in [2.05, 4.69) is 25.9 Å². The standard InChI is InChI=1S/C29H26Cl2N8O3S/c30-23-14-22(15-24(31)16-23)26-17-27(20-10-12-38(13-11-20)43(41,42)25-4-2-1-3-5-25)39(35-26)18-19-6-8-21(9-7-19)28(40)32-29-33-36-37-34-29/h1-9,14-17,20H,10-13,18H2,(H2,32,33,34,36,37,40). The van der Waals surface area contributed by atoms with Gasteiger partial charge in [0.15, 0.2) is 0 Å². The first-order chi connectivity index (χ1) is 20.8. The van der Waals surface area contributed by atoms with E-state index in [0.29, 0.717) is 53.0 Å². The summed E-state index contributed by atoms with van der Waals surface area (Å²) in [6.07, 6.45) is 1.28. The molecule has 0 bridgehead atoms. The van der Waals surface area contributed by atoms with Gasteiger partial charge >= 0.3 is 0 Å². The number of piperidine rings is 1. The topological polar surface area (TPSA) is 139 Å². The number of tetrazole rings is 1. The van der Waals surface area contributed by atoms with Gasteiger partial charge in [-0.2, -0.15) is 14.6 Å². The minimum Gasteiger partial charge on any atom is -0.288 e. The Morgan fingerprint density at radius 1 is 0.953 bits per heavy atom. The summed E-state index contributed by atoms with van der Waals surface area (Å²) in [6, 6.07) is 23.0. The molecule has 1 aliphatic heterocycles. The van der Waals surface area contributed by atoms with Crippen molar-refractivity contribution in [1.29, 1.82) is 0 Å². The monoisotopic (exact) mass is 636 g/mol. The van der Waals surface area contributed by atoms with E-state index in [0.717, 1.165) is 22.5 Å². The molecule has 1 fully saturated rings. The Hall–Kier alpha value is -4.10. The summed E-state index contributed by atoms with van der Waals surface area (Å²) in [4.78, 5) is 12.8. The number of hydrogen-bond donors (Lipinski definition) is 2. The number of anilines is 1. The molecular weight excluding hydrogens is 611 g/mol. The number of carbonyl (C=O) groups excluding carboxylic acids is 1. The average molecular weight is 638 g/mol. The van der Waals surface area contributed by atoms with Crippen molar-refractivity contribution in [1.82, 2.24) is 34.7 Å². The fourth-order valence-corrected chi connectivity index (χ4v) is 7.20. The molecule has 14 heteroatoms. The van der Waals surface area contributed by atoms with Gasteiger partial charge in [0.25, 0.3) is 11.9 Å². The number of aromatic nitrogens is 6. The van der Waals surface area contributed by atoms with E-state index < -0.39 is 10.0 Å². The molecule has 11 nitrogen and oxygen atoms in total. The lowest BCUT2D eigenvalue weighted by Gasteiger charge is -2.31. The van der Waals surface area contributed by atoms with Crippen LogP contribution in [0.25, 0.3) is 11.3 Å². The zero-order valence-corrected chi connectivity index (χ0v) is 25.0. The number of nitrogens with one attached hydrogen (secondary N) is 2. The van der Waals surface area contributed by atoms with Gasteiger partial charge in [-0.15, -0.1) is 5.10 Å². The number of H-pyrrole nitrogens is 1. The van der Waals surface area contributed by atoms with Crippen LogP contribution in [0.5, 0.6) is 0 Å². The van der Waals surface area contributed by atoms with E-state index in [1.165, 1.54) is 0 Å². The highest BCUT2D eigenvalue weighted by Gasteiger charge is 2.31. The van der Waals surface area contributed by atoms with Crippen LogP contribution in [-0.2, 0) is 16.6 Å². The molecule has 0 radical (unpaired) electrons. The van der Waals surface area contributed by atoms with Gasteiger partial charge < -0.3 is 0 Å². The number of halogens is 2. The number of amides is 1. The van der Waals surface area contributed by atoms with Crippen LogP contribution >= 0.6 is 23.2 Å². The molecule has 3 aromatic carbocycles.